The number of hydrogen-bond donors (Lipinski definition) is 3. The van der Waals surface area contributed by atoms with Gasteiger partial charge in [-0.3, -0.25) is 9.59 Å². The minimum absolute atomic E-state index is 0.0733. The third-order valence-electron chi connectivity index (χ3n) is 7.67. The van der Waals surface area contributed by atoms with Crippen LogP contribution in [0, 0.1) is 0 Å². The predicted octanol–water partition coefficient (Wildman–Crippen LogP) is 2.23. The largest absolute Gasteiger partial charge is 0.395 e. The zero-order chi connectivity index (χ0) is 26.8. The Labute approximate surface area is 228 Å². The number of carbonyl (C=O) groups excluding carboxylic acids is 2. The number of carbonyl (C=O) groups is 2. The molecule has 0 spiro atoms. The summed E-state index contributed by atoms with van der Waals surface area (Å²) >= 11 is 6.15. The van der Waals surface area contributed by atoms with Crippen LogP contribution in [0.3, 0.4) is 0 Å². The van der Waals surface area contributed by atoms with Crippen LogP contribution in [0.4, 0.5) is 17.3 Å². The molecule has 204 valence electrons. The van der Waals surface area contributed by atoms with Gasteiger partial charge in [0.05, 0.1) is 19.1 Å². The molecule has 3 atom stereocenters. The lowest BCUT2D eigenvalue weighted by molar-refractivity contribution is -0.136. The van der Waals surface area contributed by atoms with Crippen molar-refractivity contribution in [3.8, 4) is 0 Å². The molecule has 11 heteroatoms. The van der Waals surface area contributed by atoms with E-state index in [9.17, 15) is 14.7 Å². The maximum atomic E-state index is 14.1. The third kappa shape index (κ3) is 5.43. The summed E-state index contributed by atoms with van der Waals surface area (Å²) in [5.41, 5.74) is 1.73. The Morgan fingerprint density at radius 2 is 1.89 bits per heavy atom. The smallest absolute Gasteiger partial charge is 0.245 e. The number of aliphatic hydroxyl groups excluding tert-OH is 1. The number of piperazine rings is 1. The Morgan fingerprint density at radius 3 is 2.55 bits per heavy atom. The van der Waals surface area contributed by atoms with Gasteiger partial charge in [0.1, 0.15) is 12.0 Å². The highest BCUT2D eigenvalue weighted by Crippen LogP contribution is 2.40. The fraction of sp³-hybridized carbons (Fsp3) is 0.556. The lowest BCUT2D eigenvalue weighted by atomic mass is 9.93. The van der Waals surface area contributed by atoms with Gasteiger partial charge in [0.2, 0.25) is 11.8 Å². The zero-order valence-corrected chi connectivity index (χ0v) is 22.7. The molecule has 3 aliphatic rings. The first-order chi connectivity index (χ1) is 18.4. The first-order valence-electron chi connectivity index (χ1n) is 13.4. The molecule has 5 rings (SSSR count). The zero-order valence-electron chi connectivity index (χ0n) is 21.9. The average Bonchev–Trinajstić information content (AvgIpc) is 3.15. The van der Waals surface area contributed by atoms with Crippen molar-refractivity contribution in [2.75, 3.05) is 54.4 Å². The summed E-state index contributed by atoms with van der Waals surface area (Å²) < 4.78 is 0. The van der Waals surface area contributed by atoms with Crippen molar-refractivity contribution in [1.82, 2.24) is 20.2 Å². The number of aromatic nitrogens is 2. The molecule has 2 aromatic rings. The second-order valence-corrected chi connectivity index (χ2v) is 11.1. The van der Waals surface area contributed by atoms with Crippen molar-refractivity contribution in [2.24, 2.45) is 0 Å². The molecule has 3 N–H and O–H groups in total. The topological polar surface area (TPSA) is 114 Å². The van der Waals surface area contributed by atoms with Crippen LogP contribution in [0.5, 0.6) is 0 Å². The van der Waals surface area contributed by atoms with Crippen molar-refractivity contribution < 1.29 is 14.7 Å². The Bertz CT molecular complexity index is 1150. The third-order valence-corrected chi connectivity index (χ3v) is 7.93. The van der Waals surface area contributed by atoms with E-state index >= 15 is 0 Å². The van der Waals surface area contributed by atoms with E-state index in [-0.39, 0.29) is 43.0 Å². The van der Waals surface area contributed by atoms with Crippen molar-refractivity contribution in [1.29, 1.82) is 0 Å². The molecule has 3 aliphatic heterocycles. The molecule has 0 radical (unpaired) electrons. The first-order valence-corrected chi connectivity index (χ1v) is 13.8. The van der Waals surface area contributed by atoms with Gasteiger partial charge in [-0.05, 0) is 43.5 Å². The molecule has 2 saturated heterocycles. The molecule has 0 aliphatic carbocycles. The van der Waals surface area contributed by atoms with E-state index in [4.69, 9.17) is 11.6 Å². The van der Waals surface area contributed by atoms with Gasteiger partial charge in [0, 0.05) is 42.8 Å². The Morgan fingerprint density at radius 1 is 1.18 bits per heavy atom. The predicted molar refractivity (Wildman–Crippen MR) is 148 cm³/mol. The lowest BCUT2D eigenvalue weighted by Gasteiger charge is -2.44. The van der Waals surface area contributed by atoms with Crippen LogP contribution in [0.25, 0.3) is 0 Å². The van der Waals surface area contributed by atoms with Gasteiger partial charge in [-0.15, -0.1) is 0 Å². The second kappa shape index (κ2) is 11.4. The van der Waals surface area contributed by atoms with Crippen LogP contribution >= 0.6 is 11.6 Å². The highest BCUT2D eigenvalue weighted by Gasteiger charge is 2.45. The van der Waals surface area contributed by atoms with Crippen LogP contribution in [0.1, 0.15) is 44.6 Å². The van der Waals surface area contributed by atoms with Gasteiger partial charge in [-0.1, -0.05) is 37.6 Å². The first kappa shape index (κ1) is 26.6. The molecule has 38 heavy (non-hydrogen) atoms. The van der Waals surface area contributed by atoms with E-state index in [1.165, 1.54) is 6.33 Å². The van der Waals surface area contributed by atoms with Crippen LogP contribution in [0.15, 0.2) is 30.6 Å². The van der Waals surface area contributed by atoms with E-state index in [1.807, 2.05) is 29.2 Å². The number of fused-ring (bicyclic) bond motifs is 3. The summed E-state index contributed by atoms with van der Waals surface area (Å²) in [4.78, 5) is 41.3. The number of rotatable bonds is 9. The van der Waals surface area contributed by atoms with E-state index in [0.717, 1.165) is 36.5 Å². The number of nitrogens with one attached hydrogen (secondary N) is 2. The van der Waals surface area contributed by atoms with Crippen molar-refractivity contribution in [2.45, 2.75) is 57.2 Å². The Hall–Kier alpha value is -2.95. The molecule has 2 bridgehead atoms. The summed E-state index contributed by atoms with van der Waals surface area (Å²) in [5.74, 6) is 0.972. The number of β-amino-alcohol motifs (C(OH)–C–C–N with tert-alkyl or cyclic N) is 1. The van der Waals surface area contributed by atoms with Gasteiger partial charge in [-0.2, -0.15) is 0 Å². The monoisotopic (exact) mass is 541 g/mol. The molecular weight excluding hydrogens is 506 g/mol. The van der Waals surface area contributed by atoms with Crippen molar-refractivity contribution >= 4 is 40.7 Å². The fourth-order valence-electron chi connectivity index (χ4n) is 5.98. The van der Waals surface area contributed by atoms with Crippen molar-refractivity contribution in [3.05, 3.63) is 41.2 Å². The van der Waals surface area contributed by atoms with Gasteiger partial charge < -0.3 is 30.4 Å². The number of halogens is 1. The summed E-state index contributed by atoms with van der Waals surface area (Å²) in [6.45, 7) is 6.67. The lowest BCUT2D eigenvalue weighted by Crippen LogP contribution is -2.57. The van der Waals surface area contributed by atoms with Crippen molar-refractivity contribution in [3.63, 3.8) is 0 Å². The van der Waals surface area contributed by atoms with Gasteiger partial charge in [0.15, 0.2) is 11.6 Å². The number of anilines is 3. The Kier molecular flexibility index (Phi) is 8.01. The molecule has 2 unspecified atom stereocenters. The molecule has 2 amide bonds. The molecule has 1 aromatic carbocycles. The van der Waals surface area contributed by atoms with Gasteiger partial charge in [-0.25, -0.2) is 9.97 Å². The van der Waals surface area contributed by atoms with E-state index in [2.05, 4.69) is 44.2 Å². The maximum Gasteiger partial charge on any atom is 0.245 e. The minimum Gasteiger partial charge on any atom is -0.395 e. The quantitative estimate of drug-likeness (QED) is 0.443. The molecule has 10 nitrogen and oxygen atoms in total. The Balaban J connectivity index is 1.38. The fourth-order valence-corrected chi connectivity index (χ4v) is 6.10. The number of benzene rings is 1. The average molecular weight is 542 g/mol. The van der Waals surface area contributed by atoms with E-state index in [0.29, 0.717) is 42.9 Å². The van der Waals surface area contributed by atoms with Crippen LogP contribution in [0.2, 0.25) is 5.02 Å². The highest BCUT2D eigenvalue weighted by molar-refractivity contribution is 6.30. The molecule has 4 heterocycles. The summed E-state index contributed by atoms with van der Waals surface area (Å²) in [7, 11) is 0. The second-order valence-electron chi connectivity index (χ2n) is 10.6. The van der Waals surface area contributed by atoms with Gasteiger partial charge in [0.25, 0.3) is 0 Å². The normalized spacial score (nSPS) is 21.5. The molecule has 1 aromatic heterocycles. The summed E-state index contributed by atoms with van der Waals surface area (Å²) in [5, 5.41) is 16.5. The summed E-state index contributed by atoms with van der Waals surface area (Å²) in [6, 6.07) is 8.15. The number of amides is 2. The van der Waals surface area contributed by atoms with Gasteiger partial charge >= 0.3 is 0 Å². The molecule has 2 fully saturated rings. The van der Waals surface area contributed by atoms with Crippen LogP contribution in [-0.2, 0) is 9.59 Å². The SMILES string of the molecule is CC(C)NCC[C@@H](C(=O)N1C2CCC1CN(c1ncnc3c1N(CCO)CC(=O)N3)C2)c1ccc(Cl)cc1. The van der Waals surface area contributed by atoms with E-state index in [1.54, 1.807) is 0 Å². The maximum absolute atomic E-state index is 14.1. The number of aliphatic hydroxyl groups is 1. The van der Waals surface area contributed by atoms with Crippen LogP contribution in [-0.4, -0.2) is 89.2 Å². The highest BCUT2D eigenvalue weighted by atomic mass is 35.5. The van der Waals surface area contributed by atoms with Crippen LogP contribution < -0.4 is 20.4 Å². The number of hydrogen-bond acceptors (Lipinski definition) is 8. The molecule has 0 saturated carbocycles. The minimum atomic E-state index is -0.241. The number of nitrogens with zero attached hydrogens (tertiary/aromatic N) is 5. The standard InChI is InChI=1S/C27H36ClN7O3/c1-17(2)29-10-9-22(18-3-5-19(28)6-4-18)27(38)35-20-7-8-21(35)14-34(13-20)26-24-25(30-16-31-26)32-23(37)15-33(24)11-12-36/h3-6,16-17,20-22,29,36H,7-15H2,1-2H3,(H,30,31,32,37)/t20?,21?,22-/m1/s1. The summed E-state index contributed by atoms with van der Waals surface area (Å²) in [6.07, 6.45) is 4.06. The molecular formula is C27H36ClN7O3. The van der Waals surface area contributed by atoms with E-state index < -0.39 is 0 Å².